The van der Waals surface area contributed by atoms with E-state index in [2.05, 4.69) is 4.72 Å². The second kappa shape index (κ2) is 9.55. The number of alkyl halides is 3. The van der Waals surface area contributed by atoms with E-state index >= 15 is 0 Å². The van der Waals surface area contributed by atoms with Crippen LogP contribution in [0.4, 0.5) is 13.2 Å². The Kier molecular flexibility index (Phi) is 7.21. The van der Waals surface area contributed by atoms with E-state index in [1.165, 1.54) is 4.90 Å². The molecule has 2 aromatic carbocycles. The van der Waals surface area contributed by atoms with Gasteiger partial charge in [-0.2, -0.15) is 13.2 Å². The van der Waals surface area contributed by atoms with Gasteiger partial charge in [0.25, 0.3) is 0 Å². The molecule has 0 spiro atoms. The summed E-state index contributed by atoms with van der Waals surface area (Å²) >= 11 is 5.52. The van der Waals surface area contributed by atoms with E-state index in [1.54, 1.807) is 25.2 Å². The van der Waals surface area contributed by atoms with Crippen molar-refractivity contribution >= 4 is 27.5 Å². The fourth-order valence-corrected chi connectivity index (χ4v) is 4.29. The Morgan fingerprint density at radius 3 is 2.50 bits per heavy atom. The van der Waals surface area contributed by atoms with Crippen LogP contribution in [0.1, 0.15) is 17.5 Å². The molecule has 2 aromatic rings. The number of rotatable bonds is 7. The summed E-state index contributed by atoms with van der Waals surface area (Å²) in [6.45, 7) is 0.878. The predicted molar refractivity (Wildman–Crippen MR) is 110 cm³/mol. The van der Waals surface area contributed by atoms with E-state index in [4.69, 9.17) is 21.1 Å². The zero-order valence-corrected chi connectivity index (χ0v) is 18.5. The third-order valence-electron chi connectivity index (χ3n) is 4.64. The summed E-state index contributed by atoms with van der Waals surface area (Å²) in [6, 6.07) is 7.59. The van der Waals surface area contributed by atoms with Crippen molar-refractivity contribution in [2.24, 2.45) is 0 Å². The molecule has 0 aromatic heterocycles. The van der Waals surface area contributed by atoms with Crippen LogP contribution in [0, 0.1) is 0 Å². The van der Waals surface area contributed by atoms with Gasteiger partial charge in [-0.25, -0.2) is 13.1 Å². The van der Waals surface area contributed by atoms with Gasteiger partial charge in [-0.05, 0) is 35.9 Å². The zero-order valence-electron chi connectivity index (χ0n) is 16.9. The Bertz CT molecular complexity index is 1110. The molecule has 1 amide bonds. The number of nitrogens with one attached hydrogen (secondary N) is 1. The number of ether oxygens (including phenoxy) is 2. The summed E-state index contributed by atoms with van der Waals surface area (Å²) in [5, 5.41) is -0.604. The number of nitrogens with zero attached hydrogens (tertiary/aromatic N) is 1. The molecule has 12 heteroatoms. The molecule has 7 nitrogen and oxygen atoms in total. The normalized spacial score (nSPS) is 13.7. The van der Waals surface area contributed by atoms with Crippen molar-refractivity contribution in [3.8, 4) is 11.5 Å². The lowest BCUT2D eigenvalue weighted by Gasteiger charge is -2.21. The van der Waals surface area contributed by atoms with E-state index in [0.717, 1.165) is 17.7 Å². The number of amides is 1. The average molecular weight is 493 g/mol. The maximum Gasteiger partial charge on any atom is 0.417 e. The van der Waals surface area contributed by atoms with Gasteiger partial charge in [0.05, 0.1) is 15.5 Å². The van der Waals surface area contributed by atoms with Gasteiger partial charge in [-0.3, -0.25) is 4.79 Å². The van der Waals surface area contributed by atoms with Crippen LogP contribution < -0.4 is 14.2 Å². The highest BCUT2D eigenvalue weighted by atomic mass is 35.5. The summed E-state index contributed by atoms with van der Waals surface area (Å²) in [5.74, 6) is 0.859. The van der Waals surface area contributed by atoms with Crippen LogP contribution in [0.25, 0.3) is 0 Å². The second-order valence-corrected chi connectivity index (χ2v) is 9.19. The Morgan fingerprint density at radius 1 is 1.12 bits per heavy atom. The standard InChI is InChI=1S/C20H20ClF3N2O5S/c1-26(12-13-2-5-17-18(10-13)31-9-8-30-17)19(27)6-7-25-32(28,29)14-3-4-16(21)15(11-14)20(22,23)24/h2-5,10-11,25H,6-9,12H2,1H3. The third-order valence-corrected chi connectivity index (χ3v) is 6.42. The van der Waals surface area contributed by atoms with Gasteiger partial charge in [-0.1, -0.05) is 17.7 Å². The molecule has 0 unspecified atom stereocenters. The highest BCUT2D eigenvalue weighted by Crippen LogP contribution is 2.36. The Morgan fingerprint density at radius 2 is 1.81 bits per heavy atom. The molecule has 174 valence electrons. The van der Waals surface area contributed by atoms with Gasteiger partial charge < -0.3 is 14.4 Å². The van der Waals surface area contributed by atoms with Crippen molar-refractivity contribution in [1.82, 2.24) is 9.62 Å². The van der Waals surface area contributed by atoms with Crippen molar-refractivity contribution in [2.45, 2.75) is 24.0 Å². The van der Waals surface area contributed by atoms with Gasteiger partial charge in [0.2, 0.25) is 15.9 Å². The Hall–Kier alpha value is -2.50. The fourth-order valence-electron chi connectivity index (χ4n) is 3.00. The van der Waals surface area contributed by atoms with Crippen LogP contribution in [0.2, 0.25) is 5.02 Å². The number of carbonyl (C=O) groups is 1. The molecular weight excluding hydrogens is 473 g/mol. The molecule has 32 heavy (non-hydrogen) atoms. The quantitative estimate of drug-likeness (QED) is 0.640. The smallest absolute Gasteiger partial charge is 0.417 e. The molecule has 0 bridgehead atoms. The van der Waals surface area contributed by atoms with E-state index in [-0.39, 0.29) is 25.4 Å². The molecule has 1 aliphatic rings. The molecule has 1 aliphatic heterocycles. The number of sulfonamides is 1. The topological polar surface area (TPSA) is 84.9 Å². The van der Waals surface area contributed by atoms with Gasteiger partial charge in [-0.15, -0.1) is 0 Å². The minimum atomic E-state index is -4.80. The monoisotopic (exact) mass is 492 g/mol. The number of carbonyl (C=O) groups excluding carboxylic acids is 1. The zero-order chi connectivity index (χ0) is 23.5. The Balaban J connectivity index is 1.57. The first-order valence-corrected chi connectivity index (χ1v) is 11.3. The van der Waals surface area contributed by atoms with Crippen molar-refractivity contribution in [3.05, 3.63) is 52.5 Å². The van der Waals surface area contributed by atoms with E-state index in [1.807, 2.05) is 0 Å². The average Bonchev–Trinajstić information content (AvgIpc) is 2.72. The van der Waals surface area contributed by atoms with Crippen LogP contribution >= 0.6 is 11.6 Å². The number of halogens is 4. The molecule has 3 rings (SSSR count). The summed E-state index contributed by atoms with van der Waals surface area (Å²) < 4.78 is 76.7. The maximum atomic E-state index is 13.0. The molecule has 1 heterocycles. The second-order valence-electron chi connectivity index (χ2n) is 7.01. The van der Waals surface area contributed by atoms with Gasteiger partial charge >= 0.3 is 6.18 Å². The van der Waals surface area contributed by atoms with Crippen LogP contribution in [0.15, 0.2) is 41.3 Å². The highest BCUT2D eigenvalue weighted by molar-refractivity contribution is 7.89. The molecule has 0 fully saturated rings. The molecule has 0 saturated carbocycles. The first-order chi connectivity index (χ1) is 15.0. The predicted octanol–water partition coefficient (Wildman–Crippen LogP) is 3.46. The minimum absolute atomic E-state index is 0.181. The lowest BCUT2D eigenvalue weighted by atomic mass is 10.2. The van der Waals surface area contributed by atoms with Crippen LogP contribution in [-0.2, 0) is 27.5 Å². The van der Waals surface area contributed by atoms with Crippen LogP contribution in [0.5, 0.6) is 11.5 Å². The van der Waals surface area contributed by atoms with Crippen LogP contribution in [-0.4, -0.2) is 46.0 Å². The number of benzene rings is 2. The number of hydrogen-bond donors (Lipinski definition) is 1. The molecule has 0 radical (unpaired) electrons. The van der Waals surface area contributed by atoms with E-state index in [9.17, 15) is 26.4 Å². The van der Waals surface area contributed by atoms with Crippen molar-refractivity contribution in [3.63, 3.8) is 0 Å². The Labute approximate surface area is 188 Å². The van der Waals surface area contributed by atoms with E-state index in [0.29, 0.717) is 30.8 Å². The molecule has 1 N–H and O–H groups in total. The maximum absolute atomic E-state index is 13.0. The van der Waals surface area contributed by atoms with Crippen molar-refractivity contribution < 1.29 is 35.9 Å². The largest absolute Gasteiger partial charge is 0.486 e. The van der Waals surface area contributed by atoms with Gasteiger partial charge in [0.1, 0.15) is 13.2 Å². The first-order valence-electron chi connectivity index (χ1n) is 9.46. The van der Waals surface area contributed by atoms with Crippen molar-refractivity contribution in [2.75, 3.05) is 26.8 Å². The number of fused-ring (bicyclic) bond motifs is 1. The highest BCUT2D eigenvalue weighted by Gasteiger charge is 2.34. The number of hydrogen-bond acceptors (Lipinski definition) is 5. The summed E-state index contributed by atoms with van der Waals surface area (Å²) in [7, 11) is -2.70. The molecule has 0 aliphatic carbocycles. The van der Waals surface area contributed by atoms with Gasteiger partial charge in [0, 0.05) is 26.6 Å². The SMILES string of the molecule is CN(Cc1ccc2c(c1)OCCO2)C(=O)CCNS(=O)(=O)c1ccc(Cl)c(C(F)(F)F)c1. The lowest BCUT2D eigenvalue weighted by Crippen LogP contribution is -2.32. The van der Waals surface area contributed by atoms with E-state index < -0.39 is 31.7 Å². The molecule has 0 atom stereocenters. The lowest BCUT2D eigenvalue weighted by molar-refractivity contribution is -0.137. The van der Waals surface area contributed by atoms with Crippen LogP contribution in [0.3, 0.4) is 0 Å². The molecular formula is C20H20ClF3N2O5S. The summed E-state index contributed by atoms with van der Waals surface area (Å²) in [4.78, 5) is 13.2. The minimum Gasteiger partial charge on any atom is -0.486 e. The summed E-state index contributed by atoms with van der Waals surface area (Å²) in [5.41, 5.74) is -0.455. The fraction of sp³-hybridized carbons (Fsp3) is 0.350. The third kappa shape index (κ3) is 5.84. The molecule has 0 saturated heterocycles. The summed E-state index contributed by atoms with van der Waals surface area (Å²) in [6.07, 6.45) is -4.98. The van der Waals surface area contributed by atoms with Crippen molar-refractivity contribution in [1.29, 1.82) is 0 Å². The van der Waals surface area contributed by atoms with Gasteiger partial charge in [0.15, 0.2) is 11.5 Å². The first kappa shape index (κ1) is 24.1.